The fourth-order valence-corrected chi connectivity index (χ4v) is 2.86. The van der Waals surface area contributed by atoms with Gasteiger partial charge in [0.25, 0.3) is 5.69 Å². The lowest BCUT2D eigenvalue weighted by Crippen LogP contribution is -2.21. The van der Waals surface area contributed by atoms with Gasteiger partial charge < -0.3 is 10.4 Å². The minimum atomic E-state index is -4.47. The first kappa shape index (κ1) is 16.3. The zero-order valence-electron chi connectivity index (χ0n) is 12.2. The van der Waals surface area contributed by atoms with Crippen molar-refractivity contribution in [3.63, 3.8) is 0 Å². The molecule has 1 aliphatic rings. The van der Waals surface area contributed by atoms with Gasteiger partial charge in [0.05, 0.1) is 22.6 Å². The van der Waals surface area contributed by atoms with E-state index in [1.165, 1.54) is 24.3 Å². The van der Waals surface area contributed by atoms with Crippen LogP contribution in [0.15, 0.2) is 42.5 Å². The lowest BCUT2D eigenvalue weighted by Gasteiger charge is -2.20. The summed E-state index contributed by atoms with van der Waals surface area (Å²) in [5.74, 6) is 0. The van der Waals surface area contributed by atoms with Gasteiger partial charge in [-0.3, -0.25) is 10.1 Å². The molecule has 0 heterocycles. The van der Waals surface area contributed by atoms with Crippen molar-refractivity contribution >= 4 is 11.4 Å². The van der Waals surface area contributed by atoms with Crippen LogP contribution in [0, 0.1) is 10.1 Å². The van der Waals surface area contributed by atoms with Crippen molar-refractivity contribution in [3.05, 3.63) is 69.3 Å². The van der Waals surface area contributed by atoms with Gasteiger partial charge in [0.1, 0.15) is 0 Å². The number of nitro groups is 1. The summed E-state index contributed by atoms with van der Waals surface area (Å²) in [6.07, 6.45) is -5.07. The molecule has 0 amide bonds. The number of fused-ring (bicyclic) bond motifs is 1. The number of hydrogen-bond acceptors (Lipinski definition) is 4. The van der Waals surface area contributed by atoms with Crippen molar-refractivity contribution in [3.8, 4) is 0 Å². The van der Waals surface area contributed by atoms with Gasteiger partial charge in [0, 0.05) is 24.2 Å². The molecule has 0 saturated carbocycles. The summed E-state index contributed by atoms with van der Waals surface area (Å²) in [4.78, 5) is 10.4. The maximum absolute atomic E-state index is 12.8. The predicted octanol–water partition coefficient (Wildman–Crippen LogP) is 3.68. The average molecular weight is 338 g/mol. The molecule has 2 atom stereocenters. The van der Waals surface area contributed by atoms with Gasteiger partial charge in [-0.15, -0.1) is 0 Å². The molecule has 0 aliphatic heterocycles. The molecule has 5 nitrogen and oxygen atoms in total. The van der Waals surface area contributed by atoms with Gasteiger partial charge in [-0.1, -0.05) is 12.1 Å². The number of nitrogens with one attached hydrogen (secondary N) is 1. The second-order valence-corrected chi connectivity index (χ2v) is 5.61. The number of aliphatic hydroxyl groups is 1. The molecule has 24 heavy (non-hydrogen) atoms. The Balaban J connectivity index is 1.92. The Bertz CT molecular complexity index is 792. The fourth-order valence-electron chi connectivity index (χ4n) is 2.86. The highest BCUT2D eigenvalue weighted by molar-refractivity contribution is 5.53. The van der Waals surface area contributed by atoms with E-state index in [2.05, 4.69) is 5.32 Å². The molecule has 2 N–H and O–H groups in total. The van der Waals surface area contributed by atoms with Crippen molar-refractivity contribution in [2.75, 3.05) is 5.32 Å². The molecule has 0 fully saturated rings. The third kappa shape index (κ3) is 3.05. The number of anilines is 1. The molecule has 0 unspecified atom stereocenters. The Hall–Kier alpha value is -2.61. The van der Waals surface area contributed by atoms with Crippen molar-refractivity contribution < 1.29 is 23.2 Å². The van der Waals surface area contributed by atoms with Crippen LogP contribution in [0.2, 0.25) is 0 Å². The Labute approximate surface area is 134 Å². The number of nitrogens with zero attached hydrogens (tertiary/aromatic N) is 1. The SMILES string of the molecule is O=[N+]([O-])c1ccc2c(c1)[C@@H](Nc1cccc(C(F)(F)F)c1)[C@H](O)C2. The summed E-state index contributed by atoms with van der Waals surface area (Å²) in [6, 6.07) is 8.16. The molecule has 0 radical (unpaired) electrons. The van der Waals surface area contributed by atoms with E-state index < -0.39 is 28.8 Å². The predicted molar refractivity (Wildman–Crippen MR) is 80.6 cm³/mol. The van der Waals surface area contributed by atoms with Gasteiger partial charge in [0.15, 0.2) is 0 Å². The van der Waals surface area contributed by atoms with Crippen molar-refractivity contribution in [1.29, 1.82) is 0 Å². The van der Waals surface area contributed by atoms with Crippen LogP contribution < -0.4 is 5.32 Å². The van der Waals surface area contributed by atoms with E-state index in [9.17, 15) is 28.4 Å². The van der Waals surface area contributed by atoms with E-state index in [0.29, 0.717) is 5.56 Å². The van der Waals surface area contributed by atoms with Gasteiger partial charge in [-0.05, 0) is 29.3 Å². The van der Waals surface area contributed by atoms with Crippen LogP contribution in [0.4, 0.5) is 24.5 Å². The Morgan fingerprint density at radius 3 is 2.62 bits per heavy atom. The fraction of sp³-hybridized carbons (Fsp3) is 0.250. The van der Waals surface area contributed by atoms with Crippen molar-refractivity contribution in [1.82, 2.24) is 0 Å². The lowest BCUT2D eigenvalue weighted by atomic mass is 10.1. The van der Waals surface area contributed by atoms with Crippen molar-refractivity contribution in [2.24, 2.45) is 0 Å². The summed E-state index contributed by atoms with van der Waals surface area (Å²) >= 11 is 0. The van der Waals surface area contributed by atoms with Gasteiger partial charge in [-0.2, -0.15) is 13.2 Å². The number of aliphatic hydroxyl groups excluding tert-OH is 1. The van der Waals surface area contributed by atoms with E-state index in [1.807, 2.05) is 0 Å². The Morgan fingerprint density at radius 1 is 1.21 bits per heavy atom. The van der Waals surface area contributed by atoms with Crippen LogP contribution in [0.3, 0.4) is 0 Å². The molecule has 0 spiro atoms. The van der Waals surface area contributed by atoms with Gasteiger partial charge >= 0.3 is 6.18 Å². The highest BCUT2D eigenvalue weighted by atomic mass is 19.4. The molecule has 0 saturated heterocycles. The minimum Gasteiger partial charge on any atom is -0.390 e. The first-order chi connectivity index (χ1) is 11.3. The van der Waals surface area contributed by atoms with E-state index in [4.69, 9.17) is 0 Å². The van der Waals surface area contributed by atoms with E-state index >= 15 is 0 Å². The van der Waals surface area contributed by atoms with E-state index in [0.717, 1.165) is 17.7 Å². The molecule has 1 aliphatic carbocycles. The van der Waals surface area contributed by atoms with Crippen LogP contribution in [0.25, 0.3) is 0 Å². The summed E-state index contributed by atoms with van der Waals surface area (Å²) in [7, 11) is 0. The maximum Gasteiger partial charge on any atom is 0.416 e. The number of hydrogen-bond donors (Lipinski definition) is 2. The zero-order valence-corrected chi connectivity index (χ0v) is 12.2. The normalized spacial score (nSPS) is 19.8. The second-order valence-electron chi connectivity index (χ2n) is 5.61. The number of halogens is 3. The second kappa shape index (κ2) is 5.79. The number of benzene rings is 2. The monoisotopic (exact) mass is 338 g/mol. The zero-order chi connectivity index (χ0) is 17.5. The number of alkyl halides is 3. The number of rotatable bonds is 3. The first-order valence-electron chi connectivity index (χ1n) is 7.15. The lowest BCUT2D eigenvalue weighted by molar-refractivity contribution is -0.384. The molecule has 3 rings (SSSR count). The largest absolute Gasteiger partial charge is 0.416 e. The Kier molecular flexibility index (Phi) is 3.92. The smallest absolute Gasteiger partial charge is 0.390 e. The molecule has 8 heteroatoms. The number of nitro benzene ring substituents is 1. The van der Waals surface area contributed by atoms with Crippen LogP contribution in [0.1, 0.15) is 22.7 Å². The minimum absolute atomic E-state index is 0.126. The summed E-state index contributed by atoms with van der Waals surface area (Å²) < 4.78 is 38.4. The third-order valence-corrected chi connectivity index (χ3v) is 4.00. The van der Waals surface area contributed by atoms with E-state index in [-0.39, 0.29) is 17.8 Å². The third-order valence-electron chi connectivity index (χ3n) is 4.00. The van der Waals surface area contributed by atoms with E-state index in [1.54, 1.807) is 6.07 Å². The van der Waals surface area contributed by atoms with Crippen LogP contribution in [0.5, 0.6) is 0 Å². The summed E-state index contributed by atoms with van der Waals surface area (Å²) in [5.41, 5.74) is 0.512. The average Bonchev–Trinajstić information content (AvgIpc) is 2.82. The standard InChI is InChI=1S/C16H13F3N2O3/c17-16(18,19)10-2-1-3-11(7-10)20-15-13-8-12(21(23)24)5-4-9(13)6-14(15)22/h1-5,7-8,14-15,20,22H,6H2/t14-,15-/m1/s1. The molecule has 2 aromatic carbocycles. The number of non-ortho nitro benzene ring substituents is 1. The topological polar surface area (TPSA) is 75.4 Å². The molecule has 2 aromatic rings. The molecule has 0 bridgehead atoms. The van der Waals surface area contributed by atoms with Gasteiger partial charge in [0.2, 0.25) is 0 Å². The first-order valence-corrected chi connectivity index (χ1v) is 7.15. The molecule has 0 aromatic heterocycles. The van der Waals surface area contributed by atoms with Crippen molar-refractivity contribution in [2.45, 2.75) is 24.7 Å². The maximum atomic E-state index is 12.8. The molecular formula is C16H13F3N2O3. The highest BCUT2D eigenvalue weighted by Crippen LogP contribution is 2.37. The van der Waals surface area contributed by atoms with Crippen LogP contribution in [-0.2, 0) is 12.6 Å². The molecular weight excluding hydrogens is 325 g/mol. The quantitative estimate of drug-likeness (QED) is 0.661. The summed E-state index contributed by atoms with van der Waals surface area (Å²) in [6.45, 7) is 0. The van der Waals surface area contributed by atoms with Crippen LogP contribution >= 0.6 is 0 Å². The molecule has 126 valence electrons. The van der Waals surface area contributed by atoms with Gasteiger partial charge in [-0.25, -0.2) is 0 Å². The summed E-state index contributed by atoms with van der Waals surface area (Å²) in [5, 5.41) is 23.9. The Morgan fingerprint density at radius 2 is 1.96 bits per heavy atom. The highest BCUT2D eigenvalue weighted by Gasteiger charge is 2.34. The van der Waals surface area contributed by atoms with Crippen LogP contribution in [-0.4, -0.2) is 16.1 Å².